The zero-order chi connectivity index (χ0) is 13.7. The number of nitrogens with one attached hydrogen (secondary N) is 1. The Kier molecular flexibility index (Phi) is 5.45. The van der Waals surface area contributed by atoms with Crippen molar-refractivity contribution in [3.63, 3.8) is 0 Å². The first-order valence-corrected chi connectivity index (χ1v) is 7.78. The van der Waals surface area contributed by atoms with Crippen LogP contribution in [0.4, 0.5) is 8.78 Å². The molecule has 0 aliphatic heterocycles. The standard InChI is InChI=1S/C14H19F2NOS/c1-2-19-6-5-18-14-12(15)7-10(8-13(14)16)9-17-11-3-4-11/h7-8,11,17H,2-6,9H2,1H3. The first-order chi connectivity index (χ1) is 9.20. The highest BCUT2D eigenvalue weighted by molar-refractivity contribution is 7.99. The number of thioether (sulfide) groups is 1. The molecule has 0 spiro atoms. The monoisotopic (exact) mass is 287 g/mol. The van der Waals surface area contributed by atoms with Crippen molar-refractivity contribution >= 4 is 11.8 Å². The van der Waals surface area contributed by atoms with Crippen molar-refractivity contribution in [2.24, 2.45) is 0 Å². The molecule has 2 rings (SSSR count). The molecular formula is C14H19F2NOS. The Hall–Kier alpha value is -0.810. The van der Waals surface area contributed by atoms with Crippen molar-refractivity contribution in [1.29, 1.82) is 0 Å². The van der Waals surface area contributed by atoms with Crippen LogP contribution in [0.5, 0.6) is 5.75 Å². The van der Waals surface area contributed by atoms with Crippen molar-refractivity contribution in [3.05, 3.63) is 29.3 Å². The van der Waals surface area contributed by atoms with Crippen LogP contribution in [0.2, 0.25) is 0 Å². The molecule has 1 fully saturated rings. The van der Waals surface area contributed by atoms with Crippen molar-refractivity contribution in [2.75, 3.05) is 18.1 Å². The van der Waals surface area contributed by atoms with E-state index in [0.717, 1.165) is 24.3 Å². The van der Waals surface area contributed by atoms with Gasteiger partial charge in [0, 0.05) is 18.3 Å². The van der Waals surface area contributed by atoms with Crippen molar-refractivity contribution in [2.45, 2.75) is 32.4 Å². The Balaban J connectivity index is 1.91. The van der Waals surface area contributed by atoms with Crippen LogP contribution in [-0.4, -0.2) is 24.2 Å². The molecule has 1 aromatic rings. The largest absolute Gasteiger partial charge is 0.487 e. The van der Waals surface area contributed by atoms with Crippen LogP contribution in [-0.2, 0) is 6.54 Å². The van der Waals surface area contributed by atoms with E-state index in [2.05, 4.69) is 5.32 Å². The van der Waals surface area contributed by atoms with Gasteiger partial charge in [0.1, 0.15) is 0 Å². The van der Waals surface area contributed by atoms with E-state index in [4.69, 9.17) is 4.74 Å². The van der Waals surface area contributed by atoms with Gasteiger partial charge in [-0.3, -0.25) is 0 Å². The fraction of sp³-hybridized carbons (Fsp3) is 0.571. The Morgan fingerprint density at radius 2 is 2.00 bits per heavy atom. The van der Waals surface area contributed by atoms with Gasteiger partial charge in [0.05, 0.1) is 6.61 Å². The third kappa shape index (κ3) is 4.66. The molecule has 0 unspecified atom stereocenters. The van der Waals surface area contributed by atoms with Gasteiger partial charge in [-0.25, -0.2) is 8.78 Å². The Morgan fingerprint density at radius 1 is 1.32 bits per heavy atom. The fourth-order valence-electron chi connectivity index (χ4n) is 1.75. The first kappa shape index (κ1) is 14.6. The van der Waals surface area contributed by atoms with E-state index in [9.17, 15) is 8.78 Å². The van der Waals surface area contributed by atoms with Crippen LogP contribution >= 0.6 is 11.8 Å². The van der Waals surface area contributed by atoms with Crippen molar-refractivity contribution in [1.82, 2.24) is 5.32 Å². The molecule has 19 heavy (non-hydrogen) atoms. The van der Waals surface area contributed by atoms with Gasteiger partial charge in [0.25, 0.3) is 0 Å². The summed E-state index contributed by atoms with van der Waals surface area (Å²) in [5, 5.41) is 3.23. The molecule has 0 bridgehead atoms. The predicted octanol–water partition coefficient (Wildman–Crippen LogP) is 3.35. The molecule has 106 valence electrons. The fourth-order valence-corrected chi connectivity index (χ4v) is 2.24. The second-order valence-electron chi connectivity index (χ2n) is 4.59. The highest BCUT2D eigenvalue weighted by Gasteiger charge is 2.20. The van der Waals surface area contributed by atoms with Crippen LogP contribution in [0.25, 0.3) is 0 Å². The summed E-state index contributed by atoms with van der Waals surface area (Å²) in [5.74, 6) is 0.218. The summed E-state index contributed by atoms with van der Waals surface area (Å²) in [6, 6.07) is 3.22. The topological polar surface area (TPSA) is 21.3 Å². The SMILES string of the molecule is CCSCCOc1c(F)cc(CNC2CC2)cc1F. The first-order valence-electron chi connectivity index (χ1n) is 6.62. The Morgan fingerprint density at radius 3 is 2.58 bits per heavy atom. The van der Waals surface area contributed by atoms with E-state index >= 15 is 0 Å². The number of hydrogen-bond donors (Lipinski definition) is 1. The van der Waals surface area contributed by atoms with Crippen LogP contribution in [0, 0.1) is 11.6 Å². The summed E-state index contributed by atoms with van der Waals surface area (Å²) >= 11 is 1.68. The molecule has 1 saturated carbocycles. The van der Waals surface area contributed by atoms with Gasteiger partial charge in [-0.15, -0.1) is 0 Å². The highest BCUT2D eigenvalue weighted by Crippen LogP contribution is 2.25. The maximum absolute atomic E-state index is 13.8. The van der Waals surface area contributed by atoms with Crippen LogP contribution in [0.3, 0.4) is 0 Å². The van der Waals surface area contributed by atoms with Gasteiger partial charge in [-0.1, -0.05) is 6.92 Å². The number of rotatable bonds is 8. The lowest BCUT2D eigenvalue weighted by molar-refractivity contribution is 0.305. The van der Waals surface area contributed by atoms with E-state index in [-0.39, 0.29) is 5.75 Å². The molecule has 0 radical (unpaired) electrons. The minimum Gasteiger partial charge on any atom is -0.487 e. The molecule has 0 atom stereocenters. The molecule has 2 nitrogen and oxygen atoms in total. The minimum absolute atomic E-state index is 0.258. The van der Waals surface area contributed by atoms with Gasteiger partial charge < -0.3 is 10.1 Å². The third-order valence-corrected chi connectivity index (χ3v) is 3.77. The second kappa shape index (κ2) is 7.10. The molecule has 1 aliphatic carbocycles. The number of halogens is 2. The van der Waals surface area contributed by atoms with Gasteiger partial charge in [0.2, 0.25) is 0 Å². The van der Waals surface area contributed by atoms with E-state index in [1.807, 2.05) is 6.92 Å². The average molecular weight is 287 g/mol. The average Bonchev–Trinajstić information content (AvgIpc) is 3.18. The molecule has 1 N–H and O–H groups in total. The maximum atomic E-state index is 13.8. The molecule has 1 aliphatic rings. The summed E-state index contributed by atoms with van der Waals surface area (Å²) in [6.45, 7) is 2.87. The smallest absolute Gasteiger partial charge is 0.190 e. The normalized spacial score (nSPS) is 14.7. The van der Waals surface area contributed by atoms with Crippen LogP contribution in [0.1, 0.15) is 25.3 Å². The lowest BCUT2D eigenvalue weighted by Crippen LogP contribution is -2.15. The van der Waals surface area contributed by atoms with Crippen LogP contribution in [0.15, 0.2) is 12.1 Å². The number of benzene rings is 1. The molecule has 0 aromatic heterocycles. The van der Waals surface area contributed by atoms with Gasteiger partial charge in [-0.05, 0) is 36.3 Å². The summed E-state index contributed by atoms with van der Waals surface area (Å²) < 4.78 is 32.7. The number of hydrogen-bond acceptors (Lipinski definition) is 3. The van der Waals surface area contributed by atoms with Gasteiger partial charge >= 0.3 is 0 Å². The molecule has 1 aromatic carbocycles. The Bertz CT molecular complexity index is 401. The molecule has 5 heteroatoms. The van der Waals surface area contributed by atoms with Gasteiger partial charge in [-0.2, -0.15) is 11.8 Å². The lowest BCUT2D eigenvalue weighted by atomic mass is 10.2. The second-order valence-corrected chi connectivity index (χ2v) is 5.98. The molecule has 0 amide bonds. The maximum Gasteiger partial charge on any atom is 0.190 e. The Labute approximate surface area is 116 Å². The summed E-state index contributed by atoms with van der Waals surface area (Å²) in [7, 11) is 0. The van der Waals surface area contributed by atoms with Crippen LogP contribution < -0.4 is 10.1 Å². The van der Waals surface area contributed by atoms with E-state index in [1.165, 1.54) is 12.1 Å². The van der Waals surface area contributed by atoms with Gasteiger partial charge in [0.15, 0.2) is 17.4 Å². The lowest BCUT2D eigenvalue weighted by Gasteiger charge is -2.10. The summed E-state index contributed by atoms with van der Waals surface area (Å²) in [4.78, 5) is 0. The molecular weight excluding hydrogens is 268 g/mol. The van der Waals surface area contributed by atoms with Crippen molar-refractivity contribution < 1.29 is 13.5 Å². The van der Waals surface area contributed by atoms with E-state index < -0.39 is 11.6 Å². The third-order valence-electron chi connectivity index (χ3n) is 2.91. The quantitative estimate of drug-likeness (QED) is 0.741. The zero-order valence-corrected chi connectivity index (χ0v) is 11.9. The van der Waals surface area contributed by atoms with E-state index in [1.54, 1.807) is 11.8 Å². The highest BCUT2D eigenvalue weighted by atomic mass is 32.2. The summed E-state index contributed by atoms with van der Waals surface area (Å²) in [6.07, 6.45) is 2.31. The predicted molar refractivity (Wildman–Crippen MR) is 74.7 cm³/mol. The van der Waals surface area contributed by atoms with E-state index in [0.29, 0.717) is 24.8 Å². The van der Waals surface area contributed by atoms with Crippen molar-refractivity contribution in [3.8, 4) is 5.75 Å². The molecule has 0 saturated heterocycles. The minimum atomic E-state index is -0.617. The zero-order valence-electron chi connectivity index (χ0n) is 11.0. The summed E-state index contributed by atoms with van der Waals surface area (Å²) in [5.41, 5.74) is 0.622. The number of ether oxygens (including phenoxy) is 1. The molecule has 0 heterocycles.